The summed E-state index contributed by atoms with van der Waals surface area (Å²) in [6.07, 6.45) is 3.28. The van der Waals surface area contributed by atoms with Crippen LogP contribution in [-0.2, 0) is 0 Å². The van der Waals surface area contributed by atoms with E-state index in [0.29, 0.717) is 17.2 Å². The highest BCUT2D eigenvalue weighted by atomic mass is 16.4. The van der Waals surface area contributed by atoms with E-state index in [1.54, 1.807) is 6.07 Å². The number of amides is 1. The van der Waals surface area contributed by atoms with Crippen molar-refractivity contribution in [2.45, 2.75) is 52.1 Å². The molecule has 0 spiro atoms. The average molecular weight is 312 g/mol. The number of carbonyl (C=O) groups is 1. The van der Waals surface area contributed by atoms with E-state index < -0.39 is 0 Å². The van der Waals surface area contributed by atoms with Gasteiger partial charge in [0.25, 0.3) is 5.91 Å². The van der Waals surface area contributed by atoms with Crippen LogP contribution in [-0.4, -0.2) is 22.9 Å². The minimum atomic E-state index is -0.0263. The molecule has 1 aromatic heterocycles. The summed E-state index contributed by atoms with van der Waals surface area (Å²) in [6.45, 7) is 6.21. The zero-order valence-corrected chi connectivity index (χ0v) is 14.0. The molecule has 0 unspecified atom stereocenters. The maximum atomic E-state index is 12.8. The number of nitrogen functional groups attached to an aromatic ring is 1. The Morgan fingerprint density at radius 2 is 1.87 bits per heavy atom. The third-order valence-electron chi connectivity index (χ3n) is 4.72. The van der Waals surface area contributed by atoms with Gasteiger partial charge in [0.15, 0.2) is 5.76 Å². The minimum Gasteiger partial charge on any atom is -0.451 e. The van der Waals surface area contributed by atoms with Crippen LogP contribution in [0.3, 0.4) is 0 Å². The number of aryl methyl sites for hydroxylation is 1. The lowest BCUT2D eigenvalue weighted by Crippen LogP contribution is -2.47. The fourth-order valence-electron chi connectivity index (χ4n) is 3.45. The van der Waals surface area contributed by atoms with E-state index in [-0.39, 0.29) is 18.0 Å². The van der Waals surface area contributed by atoms with Gasteiger partial charge in [-0.2, -0.15) is 0 Å². The van der Waals surface area contributed by atoms with Crippen LogP contribution in [0.4, 0.5) is 5.69 Å². The van der Waals surface area contributed by atoms with Gasteiger partial charge >= 0.3 is 0 Å². The van der Waals surface area contributed by atoms with Crippen molar-refractivity contribution in [2.24, 2.45) is 0 Å². The molecule has 122 valence electrons. The lowest BCUT2D eigenvalue weighted by molar-refractivity contribution is 0.0479. The van der Waals surface area contributed by atoms with Crippen LogP contribution < -0.4 is 5.73 Å². The van der Waals surface area contributed by atoms with Crippen molar-refractivity contribution in [3.63, 3.8) is 0 Å². The number of hydrogen-bond acceptors (Lipinski definition) is 3. The molecule has 0 aliphatic carbocycles. The number of benzene rings is 1. The van der Waals surface area contributed by atoms with Crippen molar-refractivity contribution in [1.82, 2.24) is 4.90 Å². The number of nitrogens with zero attached hydrogens (tertiary/aromatic N) is 1. The second-order valence-electron chi connectivity index (χ2n) is 6.60. The van der Waals surface area contributed by atoms with Crippen LogP contribution in [0.15, 0.2) is 34.7 Å². The average Bonchev–Trinajstić information content (AvgIpc) is 2.96. The van der Waals surface area contributed by atoms with Crippen molar-refractivity contribution < 1.29 is 9.21 Å². The van der Waals surface area contributed by atoms with E-state index >= 15 is 0 Å². The smallest absolute Gasteiger partial charge is 0.290 e. The van der Waals surface area contributed by atoms with Crippen molar-refractivity contribution in [3.05, 3.63) is 41.7 Å². The number of likely N-dealkylation sites (tertiary alicyclic amines) is 1. The molecule has 4 heteroatoms. The molecule has 1 aliphatic rings. The molecular formula is C19H24N2O2. The quantitative estimate of drug-likeness (QED) is 0.844. The van der Waals surface area contributed by atoms with Gasteiger partial charge in [0.2, 0.25) is 0 Å². The molecule has 1 amide bonds. The molecule has 0 saturated carbocycles. The van der Waals surface area contributed by atoms with Crippen LogP contribution in [0, 0.1) is 6.92 Å². The molecule has 1 fully saturated rings. The Morgan fingerprint density at radius 1 is 1.17 bits per heavy atom. The summed E-state index contributed by atoms with van der Waals surface area (Å²) < 4.78 is 5.83. The Labute approximate surface area is 137 Å². The van der Waals surface area contributed by atoms with Crippen molar-refractivity contribution in [2.75, 3.05) is 5.73 Å². The predicted molar refractivity (Wildman–Crippen MR) is 92.2 cm³/mol. The van der Waals surface area contributed by atoms with E-state index in [4.69, 9.17) is 10.2 Å². The van der Waals surface area contributed by atoms with Crippen LogP contribution >= 0.6 is 0 Å². The molecule has 4 nitrogen and oxygen atoms in total. The van der Waals surface area contributed by atoms with Gasteiger partial charge in [0.05, 0.1) is 0 Å². The van der Waals surface area contributed by atoms with Crippen LogP contribution in [0.1, 0.15) is 49.2 Å². The summed E-state index contributed by atoms with van der Waals surface area (Å²) in [5, 5.41) is 0. The molecular weight excluding hydrogens is 288 g/mol. The van der Waals surface area contributed by atoms with Crippen molar-refractivity contribution >= 4 is 11.6 Å². The first-order valence-corrected chi connectivity index (χ1v) is 8.26. The first-order valence-electron chi connectivity index (χ1n) is 8.26. The lowest BCUT2D eigenvalue weighted by Gasteiger charge is -2.38. The van der Waals surface area contributed by atoms with Gasteiger partial charge < -0.3 is 15.1 Å². The largest absolute Gasteiger partial charge is 0.451 e. The molecule has 2 atom stereocenters. The van der Waals surface area contributed by atoms with E-state index in [0.717, 1.165) is 24.0 Å². The molecule has 1 saturated heterocycles. The van der Waals surface area contributed by atoms with Crippen LogP contribution in [0.2, 0.25) is 0 Å². The lowest BCUT2D eigenvalue weighted by atomic mass is 9.97. The Hall–Kier alpha value is -2.23. The maximum Gasteiger partial charge on any atom is 0.290 e. The number of piperidine rings is 1. The van der Waals surface area contributed by atoms with Crippen molar-refractivity contribution in [1.29, 1.82) is 0 Å². The SMILES string of the molecule is Cc1ccc(-c2ccc(C(=O)N3[C@@H](C)CCC[C@@H]3C)o2)c(N)c1. The number of hydrogen-bond donors (Lipinski definition) is 1. The number of carbonyl (C=O) groups excluding carboxylic acids is 1. The molecule has 2 N–H and O–H groups in total. The van der Waals surface area contributed by atoms with Gasteiger partial charge in [-0.1, -0.05) is 6.07 Å². The Bertz CT molecular complexity index is 710. The zero-order chi connectivity index (χ0) is 16.6. The topological polar surface area (TPSA) is 59.5 Å². The van der Waals surface area contributed by atoms with E-state index in [1.807, 2.05) is 36.1 Å². The van der Waals surface area contributed by atoms with Gasteiger partial charge in [0, 0.05) is 23.3 Å². The van der Waals surface area contributed by atoms with Crippen LogP contribution in [0.25, 0.3) is 11.3 Å². The number of anilines is 1. The fraction of sp³-hybridized carbons (Fsp3) is 0.421. The van der Waals surface area contributed by atoms with Gasteiger partial charge in [-0.05, 0) is 69.9 Å². The first kappa shape index (κ1) is 15.7. The molecule has 2 heterocycles. The summed E-state index contributed by atoms with van der Waals surface area (Å²) in [7, 11) is 0. The van der Waals surface area contributed by atoms with Crippen molar-refractivity contribution in [3.8, 4) is 11.3 Å². The summed E-state index contributed by atoms with van der Waals surface area (Å²) in [5.74, 6) is 1.00. The Kier molecular flexibility index (Phi) is 4.16. The third-order valence-corrected chi connectivity index (χ3v) is 4.72. The standard InChI is InChI=1S/C19H24N2O2/c1-12-7-8-15(16(20)11-12)17-9-10-18(23-17)19(22)21-13(2)5-4-6-14(21)3/h7-11,13-14H,4-6,20H2,1-3H3/t13-,14-/m0/s1. The molecule has 3 rings (SSSR count). The molecule has 0 radical (unpaired) electrons. The predicted octanol–water partition coefficient (Wildman–Crippen LogP) is 4.24. The Balaban J connectivity index is 1.88. The minimum absolute atomic E-state index is 0.0263. The molecule has 2 aromatic rings. The highest BCUT2D eigenvalue weighted by Crippen LogP contribution is 2.30. The number of nitrogens with two attached hydrogens (primary N) is 1. The number of furan rings is 1. The summed E-state index contributed by atoms with van der Waals surface area (Å²) in [5.41, 5.74) is 8.67. The third kappa shape index (κ3) is 2.98. The van der Waals surface area contributed by atoms with E-state index in [9.17, 15) is 4.79 Å². The number of rotatable bonds is 2. The summed E-state index contributed by atoms with van der Waals surface area (Å²) >= 11 is 0. The normalized spacial score (nSPS) is 21.4. The van der Waals surface area contributed by atoms with Gasteiger partial charge in [-0.3, -0.25) is 4.79 Å². The Morgan fingerprint density at radius 3 is 2.52 bits per heavy atom. The molecule has 1 aromatic carbocycles. The molecule has 0 bridgehead atoms. The maximum absolute atomic E-state index is 12.8. The molecule has 1 aliphatic heterocycles. The second kappa shape index (κ2) is 6.11. The highest BCUT2D eigenvalue weighted by Gasteiger charge is 2.31. The van der Waals surface area contributed by atoms with E-state index in [1.165, 1.54) is 6.42 Å². The first-order chi connectivity index (χ1) is 11.0. The van der Waals surface area contributed by atoms with Crippen LogP contribution in [0.5, 0.6) is 0 Å². The van der Waals surface area contributed by atoms with Gasteiger partial charge in [0.1, 0.15) is 5.76 Å². The monoisotopic (exact) mass is 312 g/mol. The van der Waals surface area contributed by atoms with Gasteiger partial charge in [-0.15, -0.1) is 0 Å². The summed E-state index contributed by atoms with van der Waals surface area (Å²) in [4.78, 5) is 14.8. The highest BCUT2D eigenvalue weighted by molar-refractivity contribution is 5.93. The van der Waals surface area contributed by atoms with Gasteiger partial charge in [-0.25, -0.2) is 0 Å². The summed E-state index contributed by atoms with van der Waals surface area (Å²) in [6, 6.07) is 9.93. The zero-order valence-electron chi connectivity index (χ0n) is 14.0. The second-order valence-corrected chi connectivity index (χ2v) is 6.60. The fourth-order valence-corrected chi connectivity index (χ4v) is 3.45. The van der Waals surface area contributed by atoms with E-state index in [2.05, 4.69) is 13.8 Å². The molecule has 23 heavy (non-hydrogen) atoms.